The number of thiophene rings is 1. The van der Waals surface area contributed by atoms with Crippen LogP contribution in [0.2, 0.25) is 0 Å². The summed E-state index contributed by atoms with van der Waals surface area (Å²) in [5.74, 6) is 0.889. The van der Waals surface area contributed by atoms with Crippen LogP contribution >= 0.6 is 11.3 Å². The quantitative estimate of drug-likeness (QED) is 0.540. The van der Waals surface area contributed by atoms with Gasteiger partial charge >= 0.3 is 0 Å². The van der Waals surface area contributed by atoms with Gasteiger partial charge in [0.1, 0.15) is 0 Å². The number of hydrogen-bond donors (Lipinski definition) is 0. The third-order valence-corrected chi connectivity index (χ3v) is 7.23. The molecule has 1 aliphatic heterocycles. The largest absolute Gasteiger partial charge is 0.340 e. The van der Waals surface area contributed by atoms with E-state index in [9.17, 15) is 13.2 Å². The number of hydrogen-bond acceptors (Lipinski definition) is 7. The Hall–Kier alpha value is -2.82. The molecule has 162 valence electrons. The molecule has 0 unspecified atom stereocenters. The predicted molar refractivity (Wildman–Crippen MR) is 118 cm³/mol. The first-order valence-corrected chi connectivity index (χ1v) is 12.3. The molecule has 0 radical (unpaired) electrons. The minimum atomic E-state index is -3.52. The molecular weight excluding hydrogens is 436 g/mol. The van der Waals surface area contributed by atoms with Gasteiger partial charge in [-0.3, -0.25) is 4.79 Å². The van der Waals surface area contributed by atoms with Gasteiger partial charge in [-0.1, -0.05) is 35.5 Å². The number of sulfonamides is 1. The van der Waals surface area contributed by atoms with E-state index in [2.05, 4.69) is 10.1 Å². The molecule has 0 bridgehead atoms. The third-order valence-electron chi connectivity index (χ3n) is 4.98. The fourth-order valence-electron chi connectivity index (χ4n) is 3.24. The van der Waals surface area contributed by atoms with Crippen molar-refractivity contribution >= 4 is 33.3 Å². The van der Waals surface area contributed by atoms with Gasteiger partial charge < -0.3 is 9.42 Å². The van der Waals surface area contributed by atoms with Gasteiger partial charge in [-0.05, 0) is 23.1 Å². The zero-order valence-electron chi connectivity index (χ0n) is 16.8. The second-order valence-electron chi connectivity index (χ2n) is 7.06. The standard InChI is InChI=1S/C21H22N4O4S2/c26-20(7-6-19-22-21(23-29-19)18-8-14-30-16-18)24-10-12-25(13-11-24)31(27,28)15-9-17-4-2-1-3-5-17/h1-5,8-9,14-16H,6-7,10-13H2/b15-9+. The SMILES string of the molecule is O=C(CCc1nc(-c2ccsc2)no1)N1CCN(S(=O)(=O)/C=C/c2ccccc2)CC1. The molecule has 0 aliphatic carbocycles. The number of aromatic nitrogens is 2. The summed E-state index contributed by atoms with van der Waals surface area (Å²) in [6.07, 6.45) is 2.18. The molecule has 0 spiro atoms. The summed E-state index contributed by atoms with van der Waals surface area (Å²) < 4.78 is 31.7. The van der Waals surface area contributed by atoms with Gasteiger partial charge in [0.2, 0.25) is 27.6 Å². The number of benzene rings is 1. The van der Waals surface area contributed by atoms with Crippen molar-refractivity contribution in [2.24, 2.45) is 0 Å². The molecule has 3 heterocycles. The number of carbonyl (C=O) groups is 1. The van der Waals surface area contributed by atoms with E-state index in [0.717, 1.165) is 11.1 Å². The maximum absolute atomic E-state index is 12.6. The van der Waals surface area contributed by atoms with Crippen LogP contribution in [0.3, 0.4) is 0 Å². The van der Waals surface area contributed by atoms with Crippen molar-refractivity contribution < 1.29 is 17.7 Å². The molecule has 1 fully saturated rings. The van der Waals surface area contributed by atoms with Gasteiger partial charge in [0.05, 0.1) is 0 Å². The van der Waals surface area contributed by atoms with E-state index in [0.29, 0.717) is 31.2 Å². The van der Waals surface area contributed by atoms with Gasteiger partial charge in [0, 0.05) is 55.4 Å². The van der Waals surface area contributed by atoms with Crippen LogP contribution in [0.5, 0.6) is 0 Å². The summed E-state index contributed by atoms with van der Waals surface area (Å²) in [5, 5.41) is 9.03. The van der Waals surface area contributed by atoms with E-state index in [-0.39, 0.29) is 25.4 Å². The van der Waals surface area contributed by atoms with Crippen LogP contribution in [0, 0.1) is 0 Å². The first kappa shape index (κ1) is 21.4. The highest BCUT2D eigenvalue weighted by molar-refractivity contribution is 7.92. The Morgan fingerprint density at radius 2 is 1.90 bits per heavy atom. The number of piperazine rings is 1. The summed E-state index contributed by atoms with van der Waals surface area (Å²) in [6, 6.07) is 11.2. The van der Waals surface area contributed by atoms with Crippen LogP contribution in [-0.2, 0) is 21.2 Å². The average molecular weight is 459 g/mol. The molecule has 1 amide bonds. The first-order valence-electron chi connectivity index (χ1n) is 9.87. The maximum atomic E-state index is 12.6. The Kier molecular flexibility index (Phi) is 6.59. The molecule has 0 saturated carbocycles. The van der Waals surface area contributed by atoms with Crippen LogP contribution in [0.15, 0.2) is 57.1 Å². The summed E-state index contributed by atoms with van der Waals surface area (Å²) in [4.78, 5) is 18.5. The predicted octanol–water partition coefficient (Wildman–Crippen LogP) is 2.88. The zero-order valence-corrected chi connectivity index (χ0v) is 18.4. The molecule has 31 heavy (non-hydrogen) atoms. The second kappa shape index (κ2) is 9.54. The van der Waals surface area contributed by atoms with E-state index >= 15 is 0 Å². The maximum Gasteiger partial charge on any atom is 0.236 e. The highest BCUT2D eigenvalue weighted by atomic mass is 32.2. The van der Waals surface area contributed by atoms with Gasteiger partial charge in [0.15, 0.2) is 0 Å². The van der Waals surface area contributed by atoms with Crippen LogP contribution in [0.4, 0.5) is 0 Å². The fourth-order valence-corrected chi connectivity index (χ4v) is 5.05. The van der Waals surface area contributed by atoms with Crippen molar-refractivity contribution in [1.82, 2.24) is 19.3 Å². The first-order chi connectivity index (χ1) is 15.0. The van der Waals surface area contributed by atoms with Crippen molar-refractivity contribution in [3.8, 4) is 11.4 Å². The molecule has 1 aliphatic rings. The molecule has 4 rings (SSSR count). The van der Waals surface area contributed by atoms with Crippen LogP contribution in [-0.4, -0.2) is 59.8 Å². The Bertz CT molecular complexity index is 1130. The molecule has 1 saturated heterocycles. The molecule has 3 aromatic rings. The van der Waals surface area contributed by atoms with Crippen molar-refractivity contribution in [3.05, 3.63) is 64.0 Å². The van der Waals surface area contributed by atoms with Gasteiger partial charge in [0.25, 0.3) is 0 Å². The molecule has 8 nitrogen and oxygen atoms in total. The average Bonchev–Trinajstić information content (AvgIpc) is 3.49. The number of aryl methyl sites for hydroxylation is 1. The van der Waals surface area contributed by atoms with Crippen molar-refractivity contribution in [2.75, 3.05) is 26.2 Å². The fraction of sp³-hybridized carbons (Fsp3) is 0.286. The highest BCUT2D eigenvalue weighted by Gasteiger charge is 2.27. The van der Waals surface area contributed by atoms with Crippen LogP contribution < -0.4 is 0 Å². The van der Waals surface area contributed by atoms with Gasteiger partial charge in [-0.25, -0.2) is 8.42 Å². The Morgan fingerprint density at radius 3 is 2.61 bits per heavy atom. The number of carbonyl (C=O) groups excluding carboxylic acids is 1. The van der Waals surface area contributed by atoms with Crippen LogP contribution in [0.1, 0.15) is 17.9 Å². The number of nitrogens with zero attached hydrogens (tertiary/aromatic N) is 4. The van der Waals surface area contributed by atoms with Crippen molar-refractivity contribution in [3.63, 3.8) is 0 Å². The van der Waals surface area contributed by atoms with E-state index in [1.54, 1.807) is 22.3 Å². The van der Waals surface area contributed by atoms with E-state index in [1.165, 1.54) is 9.71 Å². The van der Waals surface area contributed by atoms with Crippen molar-refractivity contribution in [2.45, 2.75) is 12.8 Å². The Morgan fingerprint density at radius 1 is 1.13 bits per heavy atom. The molecule has 10 heteroatoms. The van der Waals surface area contributed by atoms with E-state index in [4.69, 9.17) is 4.52 Å². The Labute approximate surface area is 184 Å². The highest BCUT2D eigenvalue weighted by Crippen LogP contribution is 2.19. The van der Waals surface area contributed by atoms with Gasteiger partial charge in [-0.2, -0.15) is 20.6 Å². The number of rotatable bonds is 7. The van der Waals surface area contributed by atoms with Crippen molar-refractivity contribution in [1.29, 1.82) is 0 Å². The second-order valence-corrected chi connectivity index (χ2v) is 9.66. The minimum absolute atomic E-state index is 0.0489. The van der Waals surface area contributed by atoms with E-state index in [1.807, 2.05) is 47.2 Å². The number of amides is 1. The summed E-state index contributed by atoms with van der Waals surface area (Å²) in [6.45, 7) is 1.27. The Balaban J connectivity index is 1.26. The normalized spacial score (nSPS) is 15.5. The molecule has 2 aromatic heterocycles. The molecule has 1 aromatic carbocycles. The topological polar surface area (TPSA) is 96.6 Å². The third kappa shape index (κ3) is 5.46. The summed E-state index contributed by atoms with van der Waals surface area (Å²) in [7, 11) is -3.52. The molecule has 0 N–H and O–H groups in total. The lowest BCUT2D eigenvalue weighted by Crippen LogP contribution is -2.50. The molecule has 0 atom stereocenters. The van der Waals surface area contributed by atoms with Crippen LogP contribution in [0.25, 0.3) is 17.5 Å². The lowest BCUT2D eigenvalue weighted by molar-refractivity contribution is -0.132. The van der Waals surface area contributed by atoms with E-state index < -0.39 is 10.0 Å². The lowest BCUT2D eigenvalue weighted by Gasteiger charge is -2.33. The molecular formula is C21H22N4O4S2. The zero-order chi connectivity index (χ0) is 21.7. The monoisotopic (exact) mass is 458 g/mol. The summed E-state index contributed by atoms with van der Waals surface area (Å²) in [5.41, 5.74) is 1.72. The smallest absolute Gasteiger partial charge is 0.236 e. The van der Waals surface area contributed by atoms with Gasteiger partial charge in [-0.15, -0.1) is 0 Å². The lowest BCUT2D eigenvalue weighted by atomic mass is 10.2. The minimum Gasteiger partial charge on any atom is -0.340 e. The summed E-state index contributed by atoms with van der Waals surface area (Å²) >= 11 is 1.55.